The standard InChI is InChI=1S/C17H17F3N4/c18-17(19,20)15-9-22-16(23-15)14-6-3-7-24(11-14)10-13-5-2-1-4-12(13)8-21/h1-2,4-5,9,14H,3,6-7,10-11H2,(H,22,23)/t14-/m0/s1. The Kier molecular flexibility index (Phi) is 4.58. The van der Waals surface area contributed by atoms with E-state index in [4.69, 9.17) is 5.26 Å². The number of alkyl halides is 3. The lowest BCUT2D eigenvalue weighted by molar-refractivity contribution is -0.141. The Morgan fingerprint density at radius 3 is 2.83 bits per heavy atom. The summed E-state index contributed by atoms with van der Waals surface area (Å²) in [6.45, 7) is 2.11. The van der Waals surface area contributed by atoms with E-state index in [-0.39, 0.29) is 5.92 Å². The number of halogens is 3. The zero-order valence-electron chi connectivity index (χ0n) is 13.0. The van der Waals surface area contributed by atoms with Crippen LogP contribution in [0.15, 0.2) is 30.5 Å². The highest BCUT2D eigenvalue weighted by Crippen LogP contribution is 2.31. The van der Waals surface area contributed by atoms with Crippen LogP contribution in [0.5, 0.6) is 0 Å². The molecular weight excluding hydrogens is 317 g/mol. The summed E-state index contributed by atoms with van der Waals surface area (Å²) in [6.07, 6.45) is -1.84. The monoisotopic (exact) mass is 334 g/mol. The molecule has 1 aliphatic heterocycles. The lowest BCUT2D eigenvalue weighted by atomic mass is 9.96. The number of likely N-dealkylation sites (tertiary alicyclic amines) is 1. The van der Waals surface area contributed by atoms with Gasteiger partial charge in [0.05, 0.1) is 17.8 Å². The van der Waals surface area contributed by atoms with Crippen molar-refractivity contribution in [3.8, 4) is 6.07 Å². The number of piperidine rings is 1. The van der Waals surface area contributed by atoms with E-state index in [9.17, 15) is 13.2 Å². The van der Waals surface area contributed by atoms with Crippen LogP contribution in [0.4, 0.5) is 13.2 Å². The van der Waals surface area contributed by atoms with Gasteiger partial charge in [-0.15, -0.1) is 0 Å². The van der Waals surface area contributed by atoms with Crippen molar-refractivity contribution in [3.63, 3.8) is 0 Å². The maximum Gasteiger partial charge on any atom is 0.432 e. The quantitative estimate of drug-likeness (QED) is 0.931. The molecule has 1 N–H and O–H groups in total. The number of nitrogens with zero attached hydrogens (tertiary/aromatic N) is 3. The summed E-state index contributed by atoms with van der Waals surface area (Å²) >= 11 is 0. The molecule has 1 aliphatic rings. The first-order chi connectivity index (χ1) is 11.5. The number of aromatic amines is 1. The molecule has 1 aromatic heterocycles. The lowest BCUT2D eigenvalue weighted by Crippen LogP contribution is -2.34. The summed E-state index contributed by atoms with van der Waals surface area (Å²) < 4.78 is 38.1. The molecule has 24 heavy (non-hydrogen) atoms. The fourth-order valence-electron chi connectivity index (χ4n) is 3.12. The molecule has 126 valence electrons. The smallest absolute Gasteiger partial charge is 0.338 e. The summed E-state index contributed by atoms with van der Waals surface area (Å²) in [5.41, 5.74) is 0.775. The van der Waals surface area contributed by atoms with Crippen LogP contribution in [-0.4, -0.2) is 28.0 Å². The SMILES string of the molecule is N#Cc1ccccc1CN1CCC[C@H](c2ncc(C(F)(F)F)[nH]2)C1. The molecule has 1 saturated heterocycles. The van der Waals surface area contributed by atoms with Crippen molar-refractivity contribution in [2.45, 2.75) is 31.5 Å². The van der Waals surface area contributed by atoms with Gasteiger partial charge in [0.25, 0.3) is 0 Å². The number of nitrogens with one attached hydrogen (secondary N) is 1. The Morgan fingerprint density at radius 1 is 1.33 bits per heavy atom. The van der Waals surface area contributed by atoms with Crippen LogP contribution in [0.25, 0.3) is 0 Å². The highest BCUT2D eigenvalue weighted by Gasteiger charge is 2.34. The number of H-pyrrole nitrogens is 1. The lowest BCUT2D eigenvalue weighted by Gasteiger charge is -2.32. The molecule has 0 saturated carbocycles. The second-order valence-electron chi connectivity index (χ2n) is 6.02. The first-order valence-electron chi connectivity index (χ1n) is 7.80. The number of benzene rings is 1. The minimum Gasteiger partial charge on any atom is -0.338 e. The van der Waals surface area contributed by atoms with Crippen LogP contribution in [0.1, 0.15) is 41.4 Å². The van der Waals surface area contributed by atoms with Crippen LogP contribution < -0.4 is 0 Å². The topological polar surface area (TPSA) is 55.7 Å². The maximum absolute atomic E-state index is 12.7. The summed E-state index contributed by atoms with van der Waals surface area (Å²) in [6, 6.07) is 9.58. The number of hydrogen-bond acceptors (Lipinski definition) is 3. The molecule has 2 heterocycles. The molecule has 1 aromatic carbocycles. The number of rotatable bonds is 3. The molecule has 2 aromatic rings. The Balaban J connectivity index is 1.71. The molecule has 0 radical (unpaired) electrons. The second-order valence-corrected chi connectivity index (χ2v) is 6.02. The fourth-order valence-corrected chi connectivity index (χ4v) is 3.12. The third kappa shape index (κ3) is 3.60. The van der Waals surface area contributed by atoms with Crippen molar-refractivity contribution >= 4 is 0 Å². The molecule has 7 heteroatoms. The number of imidazole rings is 1. The van der Waals surface area contributed by atoms with Crippen molar-refractivity contribution < 1.29 is 13.2 Å². The summed E-state index contributed by atoms with van der Waals surface area (Å²) in [5.74, 6) is 0.338. The van der Waals surface area contributed by atoms with Gasteiger partial charge in [0.1, 0.15) is 11.5 Å². The fraction of sp³-hybridized carbons (Fsp3) is 0.412. The van der Waals surface area contributed by atoms with E-state index in [2.05, 4.69) is 20.9 Å². The Morgan fingerprint density at radius 2 is 2.12 bits per heavy atom. The van der Waals surface area contributed by atoms with E-state index in [1.165, 1.54) is 0 Å². The largest absolute Gasteiger partial charge is 0.432 e. The van der Waals surface area contributed by atoms with Gasteiger partial charge < -0.3 is 4.98 Å². The van der Waals surface area contributed by atoms with Gasteiger partial charge in [-0.3, -0.25) is 4.90 Å². The Bertz CT molecular complexity index is 745. The molecule has 0 bridgehead atoms. The molecular formula is C17H17F3N4. The predicted octanol–water partition coefficient (Wildman–Crippen LogP) is 3.68. The van der Waals surface area contributed by atoms with Crippen molar-refractivity contribution in [2.75, 3.05) is 13.1 Å². The van der Waals surface area contributed by atoms with Gasteiger partial charge in [-0.05, 0) is 31.0 Å². The van der Waals surface area contributed by atoms with Gasteiger partial charge in [-0.1, -0.05) is 18.2 Å². The van der Waals surface area contributed by atoms with Crippen molar-refractivity contribution in [3.05, 3.63) is 53.1 Å². The summed E-state index contributed by atoms with van der Waals surface area (Å²) in [5, 5.41) is 9.17. The third-order valence-corrected chi connectivity index (χ3v) is 4.32. The highest BCUT2D eigenvalue weighted by atomic mass is 19.4. The molecule has 1 atom stereocenters. The van der Waals surface area contributed by atoms with Crippen LogP contribution in [0, 0.1) is 11.3 Å². The van der Waals surface area contributed by atoms with Gasteiger partial charge in [0.2, 0.25) is 0 Å². The van der Waals surface area contributed by atoms with Crippen LogP contribution in [0.2, 0.25) is 0 Å². The summed E-state index contributed by atoms with van der Waals surface area (Å²) in [4.78, 5) is 8.51. The average Bonchev–Trinajstić information content (AvgIpc) is 3.06. The number of nitriles is 1. The molecule has 4 nitrogen and oxygen atoms in total. The normalized spacial score (nSPS) is 19.2. The highest BCUT2D eigenvalue weighted by molar-refractivity contribution is 5.37. The van der Waals surface area contributed by atoms with Crippen LogP contribution >= 0.6 is 0 Å². The first kappa shape index (κ1) is 16.5. The molecule has 0 unspecified atom stereocenters. The molecule has 3 rings (SSSR count). The van der Waals surface area contributed by atoms with E-state index in [0.29, 0.717) is 24.5 Å². The molecule has 0 amide bonds. The zero-order chi connectivity index (χ0) is 17.2. The minimum absolute atomic E-state index is 0.0518. The van der Waals surface area contributed by atoms with Gasteiger partial charge in [0, 0.05) is 19.0 Å². The minimum atomic E-state index is -4.40. The van der Waals surface area contributed by atoms with E-state index >= 15 is 0 Å². The van der Waals surface area contributed by atoms with E-state index < -0.39 is 11.9 Å². The van der Waals surface area contributed by atoms with Gasteiger partial charge in [-0.2, -0.15) is 18.4 Å². The Hall–Kier alpha value is -2.33. The van der Waals surface area contributed by atoms with E-state index in [1.54, 1.807) is 6.07 Å². The Labute approximate surface area is 137 Å². The first-order valence-corrected chi connectivity index (χ1v) is 7.80. The maximum atomic E-state index is 12.7. The number of aromatic nitrogens is 2. The van der Waals surface area contributed by atoms with E-state index in [1.807, 2.05) is 18.2 Å². The van der Waals surface area contributed by atoms with Crippen LogP contribution in [0.3, 0.4) is 0 Å². The van der Waals surface area contributed by atoms with Crippen molar-refractivity contribution in [2.24, 2.45) is 0 Å². The molecule has 1 fully saturated rings. The number of hydrogen-bond donors (Lipinski definition) is 1. The predicted molar refractivity (Wildman–Crippen MR) is 82.0 cm³/mol. The van der Waals surface area contributed by atoms with Gasteiger partial charge in [0.15, 0.2) is 0 Å². The van der Waals surface area contributed by atoms with Crippen molar-refractivity contribution in [1.29, 1.82) is 5.26 Å². The van der Waals surface area contributed by atoms with Gasteiger partial charge >= 0.3 is 6.18 Å². The zero-order valence-corrected chi connectivity index (χ0v) is 13.0. The second kappa shape index (κ2) is 6.65. The molecule has 0 spiro atoms. The average molecular weight is 334 g/mol. The van der Waals surface area contributed by atoms with Crippen molar-refractivity contribution in [1.82, 2.24) is 14.9 Å². The third-order valence-electron chi connectivity index (χ3n) is 4.32. The van der Waals surface area contributed by atoms with Gasteiger partial charge in [-0.25, -0.2) is 4.98 Å². The van der Waals surface area contributed by atoms with Crippen LogP contribution in [-0.2, 0) is 12.7 Å². The van der Waals surface area contributed by atoms with E-state index in [0.717, 1.165) is 31.1 Å². The molecule has 0 aliphatic carbocycles. The summed E-state index contributed by atoms with van der Waals surface area (Å²) in [7, 11) is 0.